The van der Waals surface area contributed by atoms with Gasteiger partial charge in [-0.1, -0.05) is 12.1 Å². The molecule has 5 rings (SSSR count). The van der Waals surface area contributed by atoms with Crippen LogP contribution in [0, 0.1) is 17.3 Å². The molecule has 0 spiro atoms. The fourth-order valence-corrected chi connectivity index (χ4v) is 6.45. The number of benzene rings is 1. The SMILES string of the molecule is CC(=O)c1ccccc1NC(=O)COC(=O)C12C[C@@H]3C[C@@H](CC(Cl)(C3)C1)C2. The monoisotopic (exact) mass is 389 g/mol. The number of para-hydroxylation sites is 1. The lowest BCUT2D eigenvalue weighted by Crippen LogP contribution is -2.56. The van der Waals surface area contributed by atoms with Crippen molar-refractivity contribution in [2.24, 2.45) is 17.3 Å². The highest BCUT2D eigenvalue weighted by molar-refractivity contribution is 6.24. The summed E-state index contributed by atoms with van der Waals surface area (Å²) >= 11 is 6.76. The van der Waals surface area contributed by atoms with E-state index in [0.717, 1.165) is 32.1 Å². The first kappa shape index (κ1) is 18.5. The Morgan fingerprint density at radius 3 is 2.44 bits per heavy atom. The number of amides is 1. The maximum atomic E-state index is 12.9. The number of rotatable bonds is 5. The number of hydrogen-bond acceptors (Lipinski definition) is 4. The van der Waals surface area contributed by atoms with Gasteiger partial charge in [0, 0.05) is 10.4 Å². The molecular weight excluding hydrogens is 366 g/mol. The molecule has 0 saturated heterocycles. The summed E-state index contributed by atoms with van der Waals surface area (Å²) < 4.78 is 5.41. The number of hydrogen-bond donors (Lipinski definition) is 1. The van der Waals surface area contributed by atoms with Gasteiger partial charge in [-0.2, -0.15) is 0 Å². The third kappa shape index (κ3) is 3.49. The van der Waals surface area contributed by atoms with Gasteiger partial charge in [-0.3, -0.25) is 14.4 Å². The first-order chi connectivity index (χ1) is 12.8. The summed E-state index contributed by atoms with van der Waals surface area (Å²) in [5.41, 5.74) is 0.339. The minimum absolute atomic E-state index is 0.135. The van der Waals surface area contributed by atoms with Crippen LogP contribution in [0.1, 0.15) is 55.8 Å². The molecule has 2 unspecified atom stereocenters. The normalized spacial score (nSPS) is 33.6. The molecule has 0 aromatic heterocycles. The second-order valence-corrected chi connectivity index (χ2v) is 9.42. The Balaban J connectivity index is 1.39. The van der Waals surface area contributed by atoms with Crippen LogP contribution in [0.25, 0.3) is 0 Å². The molecule has 1 N–H and O–H groups in total. The molecule has 0 radical (unpaired) electrons. The molecule has 4 bridgehead atoms. The minimum Gasteiger partial charge on any atom is -0.455 e. The lowest BCUT2D eigenvalue weighted by Gasteiger charge is -2.58. The van der Waals surface area contributed by atoms with Crippen LogP contribution in [0.2, 0.25) is 0 Å². The van der Waals surface area contributed by atoms with Crippen molar-refractivity contribution in [2.75, 3.05) is 11.9 Å². The summed E-state index contributed by atoms with van der Waals surface area (Å²) in [6.45, 7) is 1.09. The van der Waals surface area contributed by atoms with Crippen LogP contribution >= 0.6 is 11.6 Å². The number of alkyl halides is 1. The van der Waals surface area contributed by atoms with E-state index in [2.05, 4.69) is 5.32 Å². The Morgan fingerprint density at radius 2 is 1.81 bits per heavy atom. The van der Waals surface area contributed by atoms with Gasteiger partial charge >= 0.3 is 5.97 Å². The molecule has 5 nitrogen and oxygen atoms in total. The molecular formula is C21H24ClNO4. The van der Waals surface area contributed by atoms with Gasteiger partial charge < -0.3 is 10.1 Å². The molecule has 4 saturated carbocycles. The van der Waals surface area contributed by atoms with Crippen molar-refractivity contribution in [2.45, 2.75) is 50.3 Å². The van der Waals surface area contributed by atoms with Gasteiger partial charge in [-0.15, -0.1) is 11.6 Å². The zero-order chi connectivity index (χ0) is 19.2. The Morgan fingerprint density at radius 1 is 1.15 bits per heavy atom. The Labute approximate surface area is 163 Å². The zero-order valence-corrected chi connectivity index (χ0v) is 16.2. The van der Waals surface area contributed by atoms with Gasteiger partial charge in [0.15, 0.2) is 12.4 Å². The van der Waals surface area contributed by atoms with Crippen LogP contribution < -0.4 is 5.32 Å². The summed E-state index contributed by atoms with van der Waals surface area (Å²) in [6.07, 6.45) is 5.44. The lowest BCUT2D eigenvalue weighted by molar-refractivity contribution is -0.171. The van der Waals surface area contributed by atoms with Crippen molar-refractivity contribution in [1.29, 1.82) is 0 Å². The van der Waals surface area contributed by atoms with Crippen LogP contribution in [-0.4, -0.2) is 29.1 Å². The quantitative estimate of drug-likeness (QED) is 0.470. The number of anilines is 1. The molecule has 1 aromatic rings. The van der Waals surface area contributed by atoms with E-state index >= 15 is 0 Å². The second-order valence-electron chi connectivity index (χ2n) is 8.62. The third-order valence-electron chi connectivity index (χ3n) is 6.34. The first-order valence-corrected chi connectivity index (χ1v) is 9.92. The molecule has 1 aromatic carbocycles. The van der Waals surface area contributed by atoms with Crippen LogP contribution in [0.3, 0.4) is 0 Å². The molecule has 1 amide bonds. The highest BCUT2D eigenvalue weighted by atomic mass is 35.5. The second kappa shape index (κ2) is 6.62. The number of nitrogens with one attached hydrogen (secondary N) is 1. The van der Waals surface area contributed by atoms with Gasteiger partial charge in [-0.05, 0) is 69.4 Å². The van der Waals surface area contributed by atoms with Crippen molar-refractivity contribution in [3.8, 4) is 0 Å². The van der Waals surface area contributed by atoms with Crippen molar-refractivity contribution in [3.05, 3.63) is 29.8 Å². The molecule has 4 atom stereocenters. The topological polar surface area (TPSA) is 72.5 Å². The average Bonchev–Trinajstić information content (AvgIpc) is 2.57. The fraction of sp³-hybridized carbons (Fsp3) is 0.571. The predicted octanol–water partition coefficient (Wildman–Crippen LogP) is 3.95. The van der Waals surface area contributed by atoms with Gasteiger partial charge in [0.05, 0.1) is 11.1 Å². The standard InChI is InChI=1S/C21H24ClNO4/c1-13(24)16-4-2-3-5-17(16)23-18(25)11-27-19(26)20-7-14-6-15(8-20)10-21(22,9-14)12-20/h2-5,14-15H,6-12H2,1H3,(H,23,25)/t14-,15+,20?,21?. The van der Waals surface area contributed by atoms with Crippen molar-refractivity contribution < 1.29 is 19.1 Å². The van der Waals surface area contributed by atoms with Crippen molar-refractivity contribution in [1.82, 2.24) is 0 Å². The number of halogens is 1. The molecule has 4 aliphatic carbocycles. The predicted molar refractivity (Wildman–Crippen MR) is 102 cm³/mol. The van der Waals surface area contributed by atoms with Crippen LogP contribution in [0.5, 0.6) is 0 Å². The maximum Gasteiger partial charge on any atom is 0.312 e. The number of esters is 1. The highest BCUT2D eigenvalue weighted by Gasteiger charge is 2.60. The number of ether oxygens (including phenoxy) is 1. The first-order valence-electron chi connectivity index (χ1n) is 9.55. The Hall–Kier alpha value is -1.88. The number of carbonyl (C=O) groups is 3. The molecule has 144 valence electrons. The average molecular weight is 390 g/mol. The number of carbonyl (C=O) groups excluding carboxylic acids is 3. The zero-order valence-electron chi connectivity index (χ0n) is 15.4. The van der Waals surface area contributed by atoms with Crippen LogP contribution in [-0.2, 0) is 14.3 Å². The Bertz CT molecular complexity index is 791. The maximum absolute atomic E-state index is 12.9. The van der Waals surface area contributed by atoms with E-state index in [0.29, 0.717) is 29.5 Å². The number of ketones is 1. The van der Waals surface area contributed by atoms with E-state index in [9.17, 15) is 14.4 Å². The molecule has 6 heteroatoms. The van der Waals surface area contributed by atoms with Crippen LogP contribution in [0.4, 0.5) is 5.69 Å². The molecule has 27 heavy (non-hydrogen) atoms. The van der Waals surface area contributed by atoms with Gasteiger partial charge in [0.1, 0.15) is 0 Å². The molecule has 0 heterocycles. The van der Waals surface area contributed by atoms with E-state index < -0.39 is 11.3 Å². The molecule has 0 aliphatic heterocycles. The third-order valence-corrected chi connectivity index (χ3v) is 6.78. The minimum atomic E-state index is -0.524. The van der Waals surface area contributed by atoms with E-state index in [1.54, 1.807) is 24.3 Å². The van der Waals surface area contributed by atoms with Crippen molar-refractivity contribution in [3.63, 3.8) is 0 Å². The smallest absolute Gasteiger partial charge is 0.312 e. The van der Waals surface area contributed by atoms with E-state index in [1.165, 1.54) is 6.92 Å². The van der Waals surface area contributed by atoms with Crippen LogP contribution in [0.15, 0.2) is 24.3 Å². The molecule has 4 fully saturated rings. The summed E-state index contributed by atoms with van der Waals surface area (Å²) in [7, 11) is 0. The summed E-state index contributed by atoms with van der Waals surface area (Å²) in [5.74, 6) is 0.114. The summed E-state index contributed by atoms with van der Waals surface area (Å²) in [6, 6.07) is 6.79. The Kier molecular flexibility index (Phi) is 4.53. The van der Waals surface area contributed by atoms with E-state index in [1.807, 2.05) is 0 Å². The summed E-state index contributed by atoms with van der Waals surface area (Å²) in [5, 5.41) is 2.67. The largest absolute Gasteiger partial charge is 0.455 e. The van der Waals surface area contributed by atoms with E-state index in [-0.39, 0.29) is 23.2 Å². The summed E-state index contributed by atoms with van der Waals surface area (Å²) in [4.78, 5) is 36.5. The highest BCUT2D eigenvalue weighted by Crippen LogP contribution is 2.64. The lowest BCUT2D eigenvalue weighted by atomic mass is 9.49. The van der Waals surface area contributed by atoms with Crippen molar-refractivity contribution >= 4 is 34.9 Å². The van der Waals surface area contributed by atoms with Gasteiger partial charge in [-0.25, -0.2) is 0 Å². The number of Topliss-reactive ketones (excluding diaryl/α,β-unsaturated/α-hetero) is 1. The molecule has 4 aliphatic rings. The van der Waals surface area contributed by atoms with E-state index in [4.69, 9.17) is 16.3 Å². The fourth-order valence-electron chi connectivity index (χ4n) is 5.76. The van der Waals surface area contributed by atoms with Gasteiger partial charge in [0.25, 0.3) is 5.91 Å². The van der Waals surface area contributed by atoms with Gasteiger partial charge in [0.2, 0.25) is 0 Å².